The summed E-state index contributed by atoms with van der Waals surface area (Å²) in [4.78, 5) is 102. The van der Waals surface area contributed by atoms with E-state index >= 15 is 0 Å². The van der Waals surface area contributed by atoms with Gasteiger partial charge in [0.05, 0.1) is 16.8 Å². The maximum atomic E-state index is 13.2. The summed E-state index contributed by atoms with van der Waals surface area (Å²) in [6.07, 6.45) is 43.5. The predicted molar refractivity (Wildman–Crippen MR) is 536 cm³/mol. The maximum absolute atomic E-state index is 13.2. The zero-order valence-corrected chi connectivity index (χ0v) is 87.6. The van der Waals surface area contributed by atoms with Crippen molar-refractivity contribution in [2.45, 2.75) is 314 Å². The average Bonchev–Trinajstić information content (AvgIpc) is 1.62. The van der Waals surface area contributed by atoms with Gasteiger partial charge < -0.3 is 50.3 Å². The molecule has 7 N–H and O–H groups in total. The normalized spacial score (nSPS) is 21.6. The molecule has 0 aromatic heterocycles. The quantitative estimate of drug-likeness (QED) is 0.0347. The molecule has 742 valence electrons. The number of alkyl halides is 2. The van der Waals surface area contributed by atoms with E-state index < -0.39 is 42.0 Å². The van der Waals surface area contributed by atoms with Crippen molar-refractivity contribution >= 4 is 145 Å². The van der Waals surface area contributed by atoms with Crippen LogP contribution in [0.1, 0.15) is 302 Å². The van der Waals surface area contributed by atoms with Gasteiger partial charge in [-0.2, -0.15) is 0 Å². The minimum absolute atomic E-state index is 0.00446. The van der Waals surface area contributed by atoms with Crippen molar-refractivity contribution < 1.29 is 58.6 Å². The van der Waals surface area contributed by atoms with E-state index in [1.165, 1.54) is 167 Å². The van der Waals surface area contributed by atoms with Gasteiger partial charge in [-0.05, 0) is 238 Å². The molecule has 36 heteroatoms. The van der Waals surface area contributed by atoms with Crippen LogP contribution in [-0.2, 0) is 59.0 Å². The second-order valence-corrected chi connectivity index (χ2v) is 44.6. The molecule has 13 aliphatic rings. The van der Waals surface area contributed by atoms with Crippen LogP contribution in [0.5, 0.6) is 0 Å². The number of benzene rings is 2. The number of hydrogen-bond donors (Lipinski definition) is 7. The molecule has 2 aromatic carbocycles. The van der Waals surface area contributed by atoms with Crippen LogP contribution in [0.3, 0.4) is 0 Å². The molecule has 4 spiro atoms. The number of unbranched alkanes of at least 4 members (excludes halogenated alkanes) is 4. The number of likely N-dealkylation sites (tertiary alicyclic amines) is 3. The summed E-state index contributed by atoms with van der Waals surface area (Å²) in [6.45, 7) is 24.4. The van der Waals surface area contributed by atoms with Gasteiger partial charge in [0, 0.05) is 115 Å². The number of halogens is 3. The third kappa shape index (κ3) is 35.6. The Morgan fingerprint density at radius 2 is 0.826 bits per heavy atom. The molecule has 29 nitrogen and oxygen atoms in total. The number of aliphatic hydroxyl groups is 1. The van der Waals surface area contributed by atoms with E-state index in [9.17, 15) is 45.6 Å². The summed E-state index contributed by atoms with van der Waals surface area (Å²) in [5.41, 5.74) is 2.67. The molecule has 1 atom stereocenters. The number of ether oxygens (including phenoxy) is 1. The number of carbonyl (C=O) groups is 6. The second-order valence-electron chi connectivity index (χ2n) is 38.0. The standard InChI is InChI=1S/C28H43N5O4S.C17H29N3O.C16H28N4O.C12H16ClNO3S.C9H14N2OS.C9H19N.C4H8O2.CH2Cl2.Mg.O/c1-5-6-7-22-10-15-32(16-11-22)27-29-26(35)28(30-27)13-17-33(18-14-28)38(36,37)19-12-23-8-9-24(20-21(23)2)25(34)31(3)4;1-2-3-7-14-8-12-20(13-9-14)16-18-15(21)17(19-16)10-5-4-6-11-17;1-2-3-4-13-5-11-20(12-6-13)15-18-14(21)16(19-15)7-9-17-10-8-16;1-9-8-11(12(15)14(2)3)5-4-10(9)6-7-18(13,16)17;1-13-8-10-7(12)9(11-8)5-3-2-4-6-9;1-2-3-4-9-5-7-10-8-6-9;5-4-2-1-3-6-4;2-1-3;;/h8-9,20,22H,5-7,10-19H2,1-4H3,(H,29,30,35);14H,2-13H2,1H3,(H,18,19,21);13,17H,2-12H2,1H3,(H,18,19,21);4-5,8H,6-7H2,1-3H3;2-6H2,1H3,(H,10,11,12);9-10H,2-8H2,1H3;4-5H,1-3H2;1H2;;. The number of carbonyl (C=O) groups excluding carboxylic acids is 6. The molecular weight excluding hydrogens is 1810 g/mol. The zero-order valence-electron chi connectivity index (χ0n) is 81.4. The first-order valence-corrected chi connectivity index (χ1v) is 56.3. The topological polar surface area (TPSA) is 358 Å². The molecule has 11 heterocycles. The number of aliphatic imine (C=N–C) groups is 4. The first kappa shape index (κ1) is 114. The third-order valence-corrected chi connectivity index (χ3v) is 31.6. The van der Waals surface area contributed by atoms with Crippen molar-refractivity contribution in [2.24, 2.45) is 43.6 Å². The van der Waals surface area contributed by atoms with Crippen molar-refractivity contribution in [3.63, 3.8) is 0 Å². The molecule has 2 saturated carbocycles. The fraction of sp³-hybridized carbons (Fsp3) is 0.771. The van der Waals surface area contributed by atoms with Crippen LogP contribution in [0.25, 0.3) is 0 Å². The number of hydrogen-bond acceptors (Lipinski definition) is 23. The van der Waals surface area contributed by atoms with Crippen LogP contribution in [0.15, 0.2) is 56.4 Å². The fourth-order valence-corrected chi connectivity index (χ4v) is 22.1. The van der Waals surface area contributed by atoms with Gasteiger partial charge in [-0.25, -0.2) is 41.1 Å². The zero-order chi connectivity index (χ0) is 96.5. The van der Waals surface area contributed by atoms with Crippen molar-refractivity contribution in [3.05, 3.63) is 69.8 Å². The van der Waals surface area contributed by atoms with Crippen LogP contribution in [0, 0.1) is 37.5 Å². The van der Waals surface area contributed by atoms with Gasteiger partial charge in [0.1, 0.15) is 22.2 Å². The molecule has 9 fully saturated rings. The molecule has 15 rings (SSSR count). The van der Waals surface area contributed by atoms with Crippen LogP contribution in [0.2, 0.25) is 0 Å². The SMILES string of the molecule is CCCCC1CCN(C2=NC3(CCCCC3)C(=O)N2)CC1.CCCCC1CCN(C2=NC3(CCN(S(=O)(=O)CCc4ccc(C(=O)N(C)C)cc4C)CC3)C(=O)N2)CC1.CCCCC1CCN(C2=NC3(CCNCC3)C(=O)N2)CC1.CCCCC1CCNCC1.CSC1=NC2(CCCCC2)C(=O)N1.Cc1cc(C(=O)N(C)C)ccc1CCS(=O)(=O)Cl.ClCCl.OC1CCCO1.[O]=[Mg]. The summed E-state index contributed by atoms with van der Waals surface area (Å²) in [5.74, 6) is 5.98. The van der Waals surface area contributed by atoms with Gasteiger partial charge in [-0.1, -0.05) is 167 Å². The Bertz CT molecular complexity index is 4200. The molecule has 2 aliphatic carbocycles. The van der Waals surface area contributed by atoms with Crippen LogP contribution >= 0.6 is 45.6 Å². The first-order valence-electron chi connectivity index (χ1n) is 49.3. The van der Waals surface area contributed by atoms with E-state index in [2.05, 4.69) is 79.3 Å². The van der Waals surface area contributed by atoms with Gasteiger partial charge in [0.15, 0.2) is 11.5 Å². The van der Waals surface area contributed by atoms with E-state index in [1.54, 1.807) is 52.5 Å². The Morgan fingerprint density at radius 1 is 0.485 bits per heavy atom. The van der Waals surface area contributed by atoms with Crippen molar-refractivity contribution in [1.29, 1.82) is 0 Å². The Morgan fingerprint density at radius 3 is 1.14 bits per heavy atom. The number of aliphatic hydroxyl groups excluding tert-OH is 1. The molecule has 132 heavy (non-hydrogen) atoms. The number of sulfonamides is 1. The number of amidine groups is 1. The molecule has 0 radical (unpaired) electrons. The Hall–Kier alpha value is -5.17. The van der Waals surface area contributed by atoms with Gasteiger partial charge in [0.25, 0.3) is 35.4 Å². The number of nitrogens with one attached hydrogen (secondary N) is 6. The summed E-state index contributed by atoms with van der Waals surface area (Å²) < 4.78 is 62.6. The number of nitrogens with zero attached hydrogens (tertiary/aromatic N) is 10. The summed E-state index contributed by atoms with van der Waals surface area (Å²) in [6, 6.07) is 10.7. The van der Waals surface area contributed by atoms with Gasteiger partial charge in [0.2, 0.25) is 37.0 Å². The molecule has 11 aliphatic heterocycles. The second kappa shape index (κ2) is 58.0. The van der Waals surface area contributed by atoms with Crippen molar-refractivity contribution in [1.82, 2.24) is 60.7 Å². The Labute approximate surface area is 821 Å². The fourth-order valence-electron chi connectivity index (χ4n) is 19.5. The minimum atomic E-state index is -3.48. The summed E-state index contributed by atoms with van der Waals surface area (Å²) in [5, 5.41) is 28.2. The van der Waals surface area contributed by atoms with Gasteiger partial charge in [-0.3, -0.25) is 44.7 Å². The average molecular weight is 1970 g/mol. The van der Waals surface area contributed by atoms with E-state index in [0.717, 1.165) is 212 Å². The molecule has 1 unspecified atom stereocenters. The number of rotatable bonds is 21. The number of guanidine groups is 3. The summed E-state index contributed by atoms with van der Waals surface area (Å²) in [7, 11) is 4.99. The predicted octanol–water partition coefficient (Wildman–Crippen LogP) is 13.9. The van der Waals surface area contributed by atoms with Gasteiger partial charge in [-0.15, -0.1) is 23.2 Å². The molecule has 2 aromatic rings. The number of amides is 6. The summed E-state index contributed by atoms with van der Waals surface area (Å²) >= 11 is 11.7. The number of aryl methyl sites for hydroxylation is 4. The van der Waals surface area contributed by atoms with E-state index in [1.807, 2.05) is 32.2 Å². The van der Waals surface area contributed by atoms with E-state index in [-0.39, 0.29) is 57.8 Å². The van der Waals surface area contributed by atoms with Crippen LogP contribution in [0.4, 0.5) is 0 Å². The van der Waals surface area contributed by atoms with Gasteiger partial charge >= 0.3 is 24.9 Å². The number of piperidine rings is 6. The molecule has 7 saturated heterocycles. The van der Waals surface area contributed by atoms with Crippen molar-refractivity contribution in [2.75, 3.05) is 136 Å². The Balaban J connectivity index is 0.000000221. The van der Waals surface area contributed by atoms with Crippen LogP contribution in [-0.4, -0.2) is 296 Å². The van der Waals surface area contributed by atoms with Crippen LogP contribution < -0.4 is 31.9 Å². The van der Waals surface area contributed by atoms with E-state index in [4.69, 9.17) is 61.9 Å². The van der Waals surface area contributed by atoms with Crippen molar-refractivity contribution in [3.8, 4) is 0 Å². The third-order valence-electron chi connectivity index (χ3n) is 28.0. The molecule has 0 bridgehead atoms. The molecule has 6 amide bonds. The first-order chi connectivity index (χ1) is 63.2. The van der Waals surface area contributed by atoms with E-state index in [0.29, 0.717) is 77.5 Å². The monoisotopic (exact) mass is 1970 g/mol. The Kier molecular flexibility index (Phi) is 50.0. The molecular formula is C96H159Cl3MgN16O13S3. The number of thioether (sulfide) groups is 1.